The van der Waals surface area contributed by atoms with E-state index in [2.05, 4.69) is 18.7 Å². The van der Waals surface area contributed by atoms with E-state index in [4.69, 9.17) is 0 Å². The van der Waals surface area contributed by atoms with E-state index >= 15 is 0 Å². The van der Waals surface area contributed by atoms with Gasteiger partial charge in [0.25, 0.3) is 5.69 Å². The van der Waals surface area contributed by atoms with Crippen LogP contribution in [0.15, 0.2) is 18.2 Å². The summed E-state index contributed by atoms with van der Waals surface area (Å²) in [5.41, 5.74) is 1.29. The van der Waals surface area contributed by atoms with Crippen molar-refractivity contribution in [2.75, 3.05) is 18.0 Å². The number of nitrogens with zero attached hydrogens (tertiary/aromatic N) is 2. The molecule has 0 spiro atoms. The van der Waals surface area contributed by atoms with Crippen LogP contribution in [0, 0.1) is 25.5 Å². The van der Waals surface area contributed by atoms with Crippen molar-refractivity contribution in [2.24, 2.45) is 11.8 Å². The van der Waals surface area contributed by atoms with Gasteiger partial charge in [0.15, 0.2) is 0 Å². The zero-order valence-corrected chi connectivity index (χ0v) is 12.8. The summed E-state index contributed by atoms with van der Waals surface area (Å²) in [5.74, 6) is 1.36. The summed E-state index contributed by atoms with van der Waals surface area (Å²) < 4.78 is 0.709. The standard InChI is InChI=1S/C13H17IN2O2/c1-9-5-10(2)8-15(7-9)11-3-4-13(16(17)18)12(14)6-11/h3-4,6,9-10H,5,7-8H2,1-2H3. The fourth-order valence-corrected chi connectivity index (χ4v) is 3.41. The molecule has 0 saturated carbocycles. The molecule has 2 rings (SSSR count). The molecule has 0 N–H and O–H groups in total. The molecule has 1 aromatic carbocycles. The number of anilines is 1. The summed E-state index contributed by atoms with van der Waals surface area (Å²) in [6.45, 7) is 6.61. The van der Waals surface area contributed by atoms with Gasteiger partial charge in [0.05, 0.1) is 8.49 Å². The molecule has 1 aliphatic rings. The Bertz CT molecular complexity index is 454. The third-order valence-corrected chi connectivity index (χ3v) is 4.23. The summed E-state index contributed by atoms with van der Waals surface area (Å²) in [7, 11) is 0. The molecule has 2 unspecified atom stereocenters. The Hall–Kier alpha value is -0.850. The number of hydrogen-bond donors (Lipinski definition) is 0. The van der Waals surface area contributed by atoms with Crippen molar-refractivity contribution in [1.29, 1.82) is 0 Å². The molecule has 5 heteroatoms. The summed E-state index contributed by atoms with van der Waals surface area (Å²) in [6.07, 6.45) is 1.26. The van der Waals surface area contributed by atoms with E-state index < -0.39 is 0 Å². The van der Waals surface area contributed by atoms with Crippen LogP contribution in [0.25, 0.3) is 0 Å². The van der Waals surface area contributed by atoms with Gasteiger partial charge in [-0.15, -0.1) is 0 Å². The van der Waals surface area contributed by atoms with E-state index in [1.54, 1.807) is 6.07 Å². The van der Waals surface area contributed by atoms with Gasteiger partial charge in [-0.1, -0.05) is 13.8 Å². The van der Waals surface area contributed by atoms with Crippen LogP contribution in [-0.4, -0.2) is 18.0 Å². The number of hydrogen-bond acceptors (Lipinski definition) is 3. The lowest BCUT2D eigenvalue weighted by Gasteiger charge is -2.36. The molecular weight excluding hydrogens is 343 g/mol. The molecule has 1 heterocycles. The molecule has 1 aromatic rings. The highest BCUT2D eigenvalue weighted by atomic mass is 127. The fraction of sp³-hybridized carbons (Fsp3) is 0.538. The summed E-state index contributed by atoms with van der Waals surface area (Å²) >= 11 is 2.04. The van der Waals surface area contributed by atoms with Crippen molar-refractivity contribution in [3.8, 4) is 0 Å². The maximum Gasteiger partial charge on any atom is 0.282 e. The number of rotatable bonds is 2. The van der Waals surface area contributed by atoms with E-state index in [0.717, 1.165) is 18.8 Å². The SMILES string of the molecule is CC1CC(C)CN(c2ccc([N+](=O)[O-])c(I)c2)C1. The van der Waals surface area contributed by atoms with Gasteiger partial charge in [0.1, 0.15) is 0 Å². The lowest BCUT2D eigenvalue weighted by atomic mass is 9.91. The van der Waals surface area contributed by atoms with Crippen LogP contribution < -0.4 is 4.90 Å². The molecular formula is C13H17IN2O2. The Kier molecular flexibility index (Phi) is 4.09. The zero-order valence-electron chi connectivity index (χ0n) is 10.6. The zero-order chi connectivity index (χ0) is 13.3. The average Bonchev–Trinajstić information content (AvgIpc) is 2.26. The predicted octanol–water partition coefficient (Wildman–Crippen LogP) is 3.68. The molecule has 1 fully saturated rings. The van der Waals surface area contributed by atoms with Crippen LogP contribution >= 0.6 is 22.6 Å². The highest BCUT2D eigenvalue weighted by Gasteiger charge is 2.23. The van der Waals surface area contributed by atoms with E-state index in [9.17, 15) is 10.1 Å². The van der Waals surface area contributed by atoms with E-state index in [0.29, 0.717) is 15.4 Å². The average molecular weight is 360 g/mol. The minimum atomic E-state index is -0.326. The Morgan fingerprint density at radius 3 is 2.44 bits per heavy atom. The number of piperidine rings is 1. The molecule has 98 valence electrons. The number of halogens is 1. The molecule has 18 heavy (non-hydrogen) atoms. The Morgan fingerprint density at radius 2 is 1.94 bits per heavy atom. The second kappa shape index (κ2) is 5.42. The summed E-state index contributed by atoms with van der Waals surface area (Å²) in [4.78, 5) is 12.8. The number of nitro groups is 1. The van der Waals surface area contributed by atoms with Gasteiger partial charge < -0.3 is 4.90 Å². The van der Waals surface area contributed by atoms with Gasteiger partial charge in [0.2, 0.25) is 0 Å². The van der Waals surface area contributed by atoms with E-state index in [1.807, 2.05) is 34.7 Å². The minimum Gasteiger partial charge on any atom is -0.371 e. The monoisotopic (exact) mass is 360 g/mol. The number of benzene rings is 1. The largest absolute Gasteiger partial charge is 0.371 e. The Labute approximate surface area is 121 Å². The molecule has 1 saturated heterocycles. The van der Waals surface area contributed by atoms with Crippen molar-refractivity contribution in [1.82, 2.24) is 0 Å². The van der Waals surface area contributed by atoms with Crippen LogP contribution in [0.1, 0.15) is 20.3 Å². The number of nitro benzene ring substituents is 1. The second-order valence-corrected chi connectivity index (χ2v) is 6.41. The second-order valence-electron chi connectivity index (χ2n) is 5.24. The van der Waals surface area contributed by atoms with Crippen molar-refractivity contribution in [3.63, 3.8) is 0 Å². The molecule has 4 nitrogen and oxygen atoms in total. The molecule has 0 aromatic heterocycles. The van der Waals surface area contributed by atoms with Gasteiger partial charge in [-0.3, -0.25) is 10.1 Å². The maximum absolute atomic E-state index is 10.8. The van der Waals surface area contributed by atoms with Crippen molar-refractivity contribution in [2.45, 2.75) is 20.3 Å². The quantitative estimate of drug-likeness (QED) is 0.459. The van der Waals surface area contributed by atoms with Gasteiger partial charge in [0, 0.05) is 24.8 Å². The summed E-state index contributed by atoms with van der Waals surface area (Å²) in [6, 6.07) is 5.40. The van der Waals surface area contributed by atoms with Crippen LogP contribution in [0.4, 0.5) is 11.4 Å². The topological polar surface area (TPSA) is 46.4 Å². The van der Waals surface area contributed by atoms with E-state index in [1.165, 1.54) is 6.42 Å². The Balaban J connectivity index is 2.23. The first-order valence-corrected chi connectivity index (χ1v) is 7.24. The van der Waals surface area contributed by atoms with Crippen molar-refractivity contribution in [3.05, 3.63) is 31.9 Å². The predicted molar refractivity (Wildman–Crippen MR) is 81.0 cm³/mol. The minimum absolute atomic E-state index is 0.192. The molecule has 0 amide bonds. The first kappa shape index (κ1) is 13.6. The third kappa shape index (κ3) is 2.93. The molecule has 2 atom stereocenters. The fourth-order valence-electron chi connectivity index (χ4n) is 2.71. The van der Waals surface area contributed by atoms with Crippen LogP contribution in [0.5, 0.6) is 0 Å². The summed E-state index contributed by atoms with van der Waals surface area (Å²) in [5, 5.41) is 10.8. The maximum atomic E-state index is 10.8. The molecule has 1 aliphatic heterocycles. The van der Waals surface area contributed by atoms with Crippen LogP contribution in [0.3, 0.4) is 0 Å². The van der Waals surface area contributed by atoms with Crippen molar-refractivity contribution >= 4 is 34.0 Å². The molecule has 0 bridgehead atoms. The van der Waals surface area contributed by atoms with Crippen molar-refractivity contribution < 1.29 is 4.92 Å². The van der Waals surface area contributed by atoms with Crippen LogP contribution in [-0.2, 0) is 0 Å². The first-order chi connectivity index (χ1) is 8.47. The van der Waals surface area contributed by atoms with Gasteiger partial charge in [-0.25, -0.2) is 0 Å². The normalized spacial score (nSPS) is 24.1. The highest BCUT2D eigenvalue weighted by molar-refractivity contribution is 14.1. The smallest absolute Gasteiger partial charge is 0.282 e. The molecule has 0 aliphatic carbocycles. The molecule has 0 radical (unpaired) electrons. The lowest BCUT2D eigenvalue weighted by Crippen LogP contribution is -2.38. The van der Waals surface area contributed by atoms with E-state index in [-0.39, 0.29) is 10.6 Å². The van der Waals surface area contributed by atoms with Gasteiger partial charge in [-0.05, 0) is 53.0 Å². The third-order valence-electron chi connectivity index (χ3n) is 3.36. The first-order valence-electron chi connectivity index (χ1n) is 6.16. The van der Waals surface area contributed by atoms with Gasteiger partial charge >= 0.3 is 0 Å². The van der Waals surface area contributed by atoms with Gasteiger partial charge in [-0.2, -0.15) is 0 Å². The Morgan fingerprint density at radius 1 is 1.33 bits per heavy atom. The van der Waals surface area contributed by atoms with Crippen LogP contribution in [0.2, 0.25) is 0 Å². The highest BCUT2D eigenvalue weighted by Crippen LogP contribution is 2.30. The lowest BCUT2D eigenvalue weighted by molar-refractivity contribution is -0.385.